The van der Waals surface area contributed by atoms with Crippen LogP contribution in [0.1, 0.15) is 29.0 Å². The Morgan fingerprint density at radius 2 is 2.04 bits per heavy atom. The van der Waals surface area contributed by atoms with Crippen molar-refractivity contribution in [2.24, 2.45) is 0 Å². The lowest BCUT2D eigenvalue weighted by molar-refractivity contribution is 0.479. The second-order valence-corrected chi connectivity index (χ2v) is 8.79. The van der Waals surface area contributed by atoms with Crippen LogP contribution in [0.4, 0.5) is 0 Å². The fourth-order valence-corrected chi connectivity index (χ4v) is 5.52. The average molecular weight is 377 g/mol. The molecule has 9 heteroatoms. The van der Waals surface area contributed by atoms with Crippen LogP contribution < -0.4 is 5.32 Å². The van der Waals surface area contributed by atoms with E-state index in [1.165, 1.54) is 11.3 Å². The van der Waals surface area contributed by atoms with Crippen LogP contribution in [0.5, 0.6) is 0 Å². The summed E-state index contributed by atoms with van der Waals surface area (Å²) in [5, 5.41) is 10.2. The zero-order chi connectivity index (χ0) is 15.6. The van der Waals surface area contributed by atoms with Crippen molar-refractivity contribution < 1.29 is 8.42 Å². The van der Waals surface area contributed by atoms with Gasteiger partial charge in [0, 0.05) is 42.3 Å². The first-order chi connectivity index (χ1) is 10.6. The summed E-state index contributed by atoms with van der Waals surface area (Å²) in [6, 6.07) is 3.61. The molecule has 2 aromatic heterocycles. The topological polar surface area (TPSA) is 78.1 Å². The Morgan fingerprint density at radius 3 is 2.70 bits per heavy atom. The third kappa shape index (κ3) is 4.13. The molecule has 128 valence electrons. The number of nitrogens with one attached hydrogen (secondary N) is 2. The lowest BCUT2D eigenvalue weighted by atomic mass is 10.2. The zero-order valence-electron chi connectivity index (χ0n) is 12.9. The highest BCUT2D eigenvalue weighted by Crippen LogP contribution is 2.27. The molecule has 2 aromatic rings. The van der Waals surface area contributed by atoms with E-state index >= 15 is 0 Å². The number of nitrogens with zero attached hydrogens (tertiary/aromatic N) is 2. The van der Waals surface area contributed by atoms with Crippen LogP contribution in [-0.4, -0.2) is 36.0 Å². The fourth-order valence-electron chi connectivity index (χ4n) is 2.52. The lowest BCUT2D eigenvalue weighted by Gasteiger charge is -2.13. The third-order valence-corrected chi connectivity index (χ3v) is 7.30. The predicted molar refractivity (Wildman–Crippen MR) is 93.4 cm³/mol. The van der Waals surface area contributed by atoms with E-state index in [1.807, 2.05) is 13.0 Å². The van der Waals surface area contributed by atoms with Gasteiger partial charge in [0.25, 0.3) is 10.0 Å². The van der Waals surface area contributed by atoms with E-state index in [-0.39, 0.29) is 12.4 Å². The van der Waals surface area contributed by atoms with Gasteiger partial charge in [-0.15, -0.1) is 23.7 Å². The summed E-state index contributed by atoms with van der Waals surface area (Å²) in [5.41, 5.74) is 2.18. The Labute approximate surface area is 146 Å². The van der Waals surface area contributed by atoms with Crippen molar-refractivity contribution in [2.45, 2.75) is 37.1 Å². The van der Waals surface area contributed by atoms with Gasteiger partial charge in [-0.05, 0) is 31.9 Å². The Kier molecular flexibility index (Phi) is 6.21. The average Bonchev–Trinajstić information content (AvgIpc) is 3.20. The molecule has 0 atom stereocenters. The number of rotatable bonds is 6. The van der Waals surface area contributed by atoms with Crippen molar-refractivity contribution >= 4 is 33.8 Å². The Bertz CT molecular complexity index is 736. The van der Waals surface area contributed by atoms with E-state index in [9.17, 15) is 8.42 Å². The maximum Gasteiger partial charge on any atom is 0.252 e. The van der Waals surface area contributed by atoms with Gasteiger partial charge in [0.1, 0.15) is 4.21 Å². The van der Waals surface area contributed by atoms with Crippen LogP contribution in [0.2, 0.25) is 0 Å². The van der Waals surface area contributed by atoms with Crippen molar-refractivity contribution in [3.05, 3.63) is 34.5 Å². The van der Waals surface area contributed by atoms with Crippen molar-refractivity contribution in [2.75, 3.05) is 13.1 Å². The maximum atomic E-state index is 12.5. The minimum Gasteiger partial charge on any atom is -0.308 e. The largest absolute Gasteiger partial charge is 0.308 e. The van der Waals surface area contributed by atoms with Gasteiger partial charge in [-0.2, -0.15) is 9.40 Å². The van der Waals surface area contributed by atoms with E-state index in [2.05, 4.69) is 15.5 Å². The summed E-state index contributed by atoms with van der Waals surface area (Å²) in [5.74, 6) is 0. The molecule has 0 amide bonds. The summed E-state index contributed by atoms with van der Waals surface area (Å²) in [4.78, 5) is 1.03. The molecule has 1 aliphatic heterocycles. The number of aromatic nitrogens is 2. The number of halogens is 1. The maximum absolute atomic E-state index is 12.5. The smallest absolute Gasteiger partial charge is 0.252 e. The second-order valence-electron chi connectivity index (χ2n) is 5.46. The van der Waals surface area contributed by atoms with Crippen LogP contribution in [-0.2, 0) is 23.1 Å². The summed E-state index contributed by atoms with van der Waals surface area (Å²) < 4.78 is 27.0. The molecule has 0 unspecified atom stereocenters. The number of aromatic amines is 1. The molecule has 3 heterocycles. The number of sulfonamides is 1. The van der Waals surface area contributed by atoms with Gasteiger partial charge in [-0.25, -0.2) is 8.42 Å². The van der Waals surface area contributed by atoms with Gasteiger partial charge in [0.15, 0.2) is 0 Å². The third-order valence-electron chi connectivity index (χ3n) is 3.85. The summed E-state index contributed by atoms with van der Waals surface area (Å²) in [6.07, 6.45) is 3.73. The summed E-state index contributed by atoms with van der Waals surface area (Å²) >= 11 is 1.35. The molecule has 3 rings (SSSR count). The normalized spacial score (nSPS) is 15.7. The molecule has 0 bridgehead atoms. The molecule has 6 nitrogen and oxygen atoms in total. The highest BCUT2D eigenvalue weighted by Gasteiger charge is 2.28. The Balaban J connectivity index is 0.00000192. The predicted octanol–water partition coefficient (Wildman–Crippen LogP) is 2.28. The number of hydrogen-bond acceptors (Lipinski definition) is 5. The van der Waals surface area contributed by atoms with E-state index < -0.39 is 10.0 Å². The van der Waals surface area contributed by atoms with Gasteiger partial charge >= 0.3 is 0 Å². The SMILES string of the molecule is Cc1[nH]ncc1CNCc1ccc(S(=O)(=O)N2CCCC2)s1.Cl. The molecule has 0 aliphatic carbocycles. The quantitative estimate of drug-likeness (QED) is 0.810. The summed E-state index contributed by atoms with van der Waals surface area (Å²) in [6.45, 7) is 4.65. The van der Waals surface area contributed by atoms with Crippen LogP contribution in [0.15, 0.2) is 22.5 Å². The first-order valence-corrected chi connectivity index (χ1v) is 9.61. The molecular formula is C14H21ClN4O2S2. The number of H-pyrrole nitrogens is 1. The number of thiophene rings is 1. The highest BCUT2D eigenvalue weighted by molar-refractivity contribution is 7.91. The number of hydrogen-bond donors (Lipinski definition) is 2. The summed E-state index contributed by atoms with van der Waals surface area (Å²) in [7, 11) is -3.28. The molecule has 0 saturated carbocycles. The standard InChI is InChI=1S/C14H20N4O2S2.ClH/c1-11-12(9-16-17-11)8-15-10-13-4-5-14(21-13)22(19,20)18-6-2-3-7-18;/h4-5,9,15H,2-3,6-8,10H2,1H3,(H,16,17);1H. The van der Waals surface area contributed by atoms with Crippen LogP contribution >= 0.6 is 23.7 Å². The Hall–Kier alpha value is -0.930. The van der Waals surface area contributed by atoms with Crippen molar-refractivity contribution in [1.82, 2.24) is 19.8 Å². The molecule has 0 spiro atoms. The van der Waals surface area contributed by atoms with Gasteiger partial charge in [0.05, 0.1) is 6.20 Å². The van der Waals surface area contributed by atoms with Gasteiger partial charge in [-0.1, -0.05) is 0 Å². The second kappa shape index (κ2) is 7.76. The van der Waals surface area contributed by atoms with E-state index in [0.29, 0.717) is 30.4 Å². The molecule has 0 aromatic carbocycles. The van der Waals surface area contributed by atoms with E-state index in [0.717, 1.165) is 29.0 Å². The fraction of sp³-hybridized carbons (Fsp3) is 0.500. The van der Waals surface area contributed by atoms with Gasteiger partial charge in [-0.3, -0.25) is 5.10 Å². The van der Waals surface area contributed by atoms with Crippen LogP contribution in [0, 0.1) is 6.92 Å². The molecule has 2 N–H and O–H groups in total. The van der Waals surface area contributed by atoms with Crippen LogP contribution in [0.3, 0.4) is 0 Å². The highest BCUT2D eigenvalue weighted by atomic mass is 35.5. The first-order valence-electron chi connectivity index (χ1n) is 7.36. The molecular weight excluding hydrogens is 356 g/mol. The van der Waals surface area contributed by atoms with Crippen molar-refractivity contribution in [3.63, 3.8) is 0 Å². The molecule has 1 aliphatic rings. The lowest BCUT2D eigenvalue weighted by Crippen LogP contribution is -2.27. The minimum absolute atomic E-state index is 0. The minimum atomic E-state index is -3.28. The molecule has 23 heavy (non-hydrogen) atoms. The molecule has 0 radical (unpaired) electrons. The first kappa shape index (κ1) is 18.4. The van der Waals surface area contributed by atoms with Crippen molar-refractivity contribution in [3.8, 4) is 0 Å². The Morgan fingerprint density at radius 1 is 1.30 bits per heavy atom. The van der Waals surface area contributed by atoms with Gasteiger partial charge < -0.3 is 5.32 Å². The number of aryl methyl sites for hydroxylation is 1. The van der Waals surface area contributed by atoms with Crippen molar-refractivity contribution in [1.29, 1.82) is 0 Å². The molecule has 1 saturated heterocycles. The monoisotopic (exact) mass is 376 g/mol. The van der Waals surface area contributed by atoms with Crippen LogP contribution in [0.25, 0.3) is 0 Å². The zero-order valence-corrected chi connectivity index (χ0v) is 15.4. The molecule has 1 fully saturated rings. The van der Waals surface area contributed by atoms with E-state index in [4.69, 9.17) is 0 Å². The van der Waals surface area contributed by atoms with Gasteiger partial charge in [0.2, 0.25) is 0 Å². The van der Waals surface area contributed by atoms with E-state index in [1.54, 1.807) is 16.6 Å².